The van der Waals surface area contributed by atoms with E-state index in [0.29, 0.717) is 17.3 Å². The number of amides is 3. The number of nitrogens with one attached hydrogen (secondary N) is 1. The summed E-state index contributed by atoms with van der Waals surface area (Å²) in [5, 5.41) is 9.72. The van der Waals surface area contributed by atoms with Gasteiger partial charge in [-0.2, -0.15) is 0 Å². The van der Waals surface area contributed by atoms with Crippen molar-refractivity contribution in [3.63, 3.8) is 0 Å². The van der Waals surface area contributed by atoms with Crippen molar-refractivity contribution in [2.24, 2.45) is 5.73 Å². The Hall–Kier alpha value is -3.60. The summed E-state index contributed by atoms with van der Waals surface area (Å²) in [6, 6.07) is 12.1. The van der Waals surface area contributed by atoms with Crippen LogP contribution in [0.5, 0.6) is 11.5 Å². The zero-order chi connectivity index (χ0) is 22.4. The molecule has 9 nitrogen and oxygen atoms in total. The summed E-state index contributed by atoms with van der Waals surface area (Å²) in [4.78, 5) is 23.0. The molecular weight excluding hydrogens is 425 g/mol. The van der Waals surface area contributed by atoms with Gasteiger partial charge in [0.1, 0.15) is 23.9 Å². The lowest BCUT2D eigenvalue weighted by Crippen LogP contribution is -2.39. The molecule has 0 radical (unpaired) electrons. The number of urea groups is 1. The molecule has 0 aliphatic rings. The minimum Gasteiger partial charge on any atom is -0.497 e. The molecule has 0 saturated heterocycles. The number of carbonyl (C=O) groups is 2. The molecule has 0 spiro atoms. The molecule has 0 aliphatic heterocycles. The van der Waals surface area contributed by atoms with Crippen LogP contribution in [0.25, 0.3) is 5.69 Å². The van der Waals surface area contributed by atoms with Gasteiger partial charge >= 0.3 is 6.03 Å². The minimum atomic E-state index is -0.957. The third-order valence-corrected chi connectivity index (χ3v) is 5.16. The molecule has 0 bridgehead atoms. The molecular formula is C20H20FN5O4S. The van der Waals surface area contributed by atoms with E-state index in [0.717, 1.165) is 11.8 Å². The number of para-hydroxylation sites is 1. The number of aromatic nitrogens is 3. The molecule has 0 saturated carbocycles. The second-order valence-corrected chi connectivity index (χ2v) is 7.57. The van der Waals surface area contributed by atoms with E-state index < -0.39 is 23.0 Å². The molecule has 2 aromatic carbocycles. The van der Waals surface area contributed by atoms with Crippen LogP contribution in [-0.4, -0.2) is 39.1 Å². The fourth-order valence-corrected chi connectivity index (χ4v) is 3.48. The Kier molecular flexibility index (Phi) is 7.08. The van der Waals surface area contributed by atoms with Gasteiger partial charge in [-0.15, -0.1) is 10.2 Å². The summed E-state index contributed by atoms with van der Waals surface area (Å²) in [6.07, 6.45) is 0. The van der Waals surface area contributed by atoms with Crippen LogP contribution in [0.1, 0.15) is 12.7 Å². The molecule has 1 aromatic heterocycles. The molecule has 162 valence electrons. The summed E-state index contributed by atoms with van der Waals surface area (Å²) in [7, 11) is 1.57. The molecule has 0 fully saturated rings. The number of imide groups is 1. The highest BCUT2D eigenvalue weighted by molar-refractivity contribution is 8.00. The van der Waals surface area contributed by atoms with Crippen molar-refractivity contribution in [3.8, 4) is 17.2 Å². The first-order valence-electron chi connectivity index (χ1n) is 9.12. The van der Waals surface area contributed by atoms with Gasteiger partial charge in [0.05, 0.1) is 18.0 Å². The van der Waals surface area contributed by atoms with Crippen molar-refractivity contribution in [2.75, 3.05) is 7.11 Å². The van der Waals surface area contributed by atoms with Gasteiger partial charge in [-0.3, -0.25) is 14.7 Å². The van der Waals surface area contributed by atoms with Crippen LogP contribution in [0.15, 0.2) is 53.7 Å². The average Bonchev–Trinajstić information content (AvgIpc) is 3.14. The quantitative estimate of drug-likeness (QED) is 0.511. The van der Waals surface area contributed by atoms with Gasteiger partial charge in [-0.1, -0.05) is 23.9 Å². The Morgan fingerprint density at radius 2 is 1.84 bits per heavy atom. The van der Waals surface area contributed by atoms with E-state index in [2.05, 4.69) is 10.2 Å². The zero-order valence-corrected chi connectivity index (χ0v) is 17.6. The predicted molar refractivity (Wildman–Crippen MR) is 112 cm³/mol. The molecule has 3 aromatic rings. The summed E-state index contributed by atoms with van der Waals surface area (Å²) >= 11 is 1.00. The van der Waals surface area contributed by atoms with E-state index in [1.54, 1.807) is 56.5 Å². The van der Waals surface area contributed by atoms with Crippen LogP contribution in [0.3, 0.4) is 0 Å². The van der Waals surface area contributed by atoms with E-state index in [4.69, 9.17) is 15.2 Å². The number of methoxy groups -OCH3 is 1. The van der Waals surface area contributed by atoms with Crippen molar-refractivity contribution in [1.82, 2.24) is 20.1 Å². The van der Waals surface area contributed by atoms with Crippen LogP contribution in [0.4, 0.5) is 9.18 Å². The lowest BCUT2D eigenvalue weighted by molar-refractivity contribution is -0.119. The van der Waals surface area contributed by atoms with Crippen molar-refractivity contribution in [1.29, 1.82) is 0 Å². The van der Waals surface area contributed by atoms with Crippen LogP contribution >= 0.6 is 11.8 Å². The number of thioether (sulfide) groups is 1. The highest BCUT2D eigenvalue weighted by Crippen LogP contribution is 2.28. The standard InChI is InChI=1S/C20H20FN5O4S/c1-12(18(27)23-19(22)28)31-20-25-24-17(26(20)16-6-4-3-5-15(16)21)11-30-14-9-7-13(29-2)8-10-14/h3-10,12H,11H2,1-2H3,(H3,22,23,27,28)/t12-/m0/s1. The Labute approximate surface area is 181 Å². The van der Waals surface area contributed by atoms with Gasteiger partial charge in [0.25, 0.3) is 0 Å². The topological polar surface area (TPSA) is 121 Å². The van der Waals surface area contributed by atoms with Crippen LogP contribution in [0, 0.1) is 5.82 Å². The van der Waals surface area contributed by atoms with E-state index in [-0.39, 0.29) is 17.5 Å². The number of ether oxygens (including phenoxy) is 2. The molecule has 1 heterocycles. The average molecular weight is 445 g/mol. The van der Waals surface area contributed by atoms with Crippen molar-refractivity contribution < 1.29 is 23.5 Å². The molecule has 3 rings (SSSR count). The lowest BCUT2D eigenvalue weighted by Gasteiger charge is -2.14. The first-order chi connectivity index (χ1) is 14.9. The first kappa shape index (κ1) is 22.1. The smallest absolute Gasteiger partial charge is 0.318 e. The van der Waals surface area contributed by atoms with Crippen LogP contribution in [0.2, 0.25) is 0 Å². The number of primary amides is 1. The minimum absolute atomic E-state index is 0.00388. The summed E-state index contributed by atoms with van der Waals surface area (Å²) < 4.78 is 26.9. The van der Waals surface area contributed by atoms with Crippen molar-refractivity contribution in [2.45, 2.75) is 23.9 Å². The first-order valence-corrected chi connectivity index (χ1v) is 10.00. The van der Waals surface area contributed by atoms with Gasteiger partial charge in [0.2, 0.25) is 5.91 Å². The Morgan fingerprint density at radius 3 is 2.48 bits per heavy atom. The van der Waals surface area contributed by atoms with Gasteiger partial charge in [0, 0.05) is 0 Å². The summed E-state index contributed by atoms with van der Waals surface area (Å²) in [6.45, 7) is 1.56. The van der Waals surface area contributed by atoms with Gasteiger partial charge in [-0.05, 0) is 43.3 Å². The highest BCUT2D eigenvalue weighted by Gasteiger charge is 2.23. The second-order valence-electron chi connectivity index (χ2n) is 6.26. The highest BCUT2D eigenvalue weighted by atomic mass is 32.2. The summed E-state index contributed by atoms with van der Waals surface area (Å²) in [5.74, 6) is 0.475. The Balaban J connectivity index is 1.87. The number of halogens is 1. The second kappa shape index (κ2) is 9.94. The number of hydrogen-bond donors (Lipinski definition) is 2. The molecule has 11 heteroatoms. The van der Waals surface area contributed by atoms with Gasteiger partial charge < -0.3 is 15.2 Å². The van der Waals surface area contributed by atoms with Crippen molar-refractivity contribution >= 4 is 23.7 Å². The number of benzene rings is 2. The largest absolute Gasteiger partial charge is 0.497 e. The normalized spacial score (nSPS) is 11.6. The van der Waals surface area contributed by atoms with Gasteiger partial charge in [0.15, 0.2) is 11.0 Å². The molecule has 1 atom stereocenters. The molecule has 0 unspecified atom stereocenters. The third kappa shape index (κ3) is 5.51. The van der Waals surface area contributed by atoms with E-state index >= 15 is 0 Å². The Morgan fingerprint density at radius 1 is 1.16 bits per heavy atom. The SMILES string of the molecule is COc1ccc(OCc2nnc(S[C@@H](C)C(=O)NC(N)=O)n2-c2ccccc2F)cc1. The zero-order valence-electron chi connectivity index (χ0n) is 16.7. The molecule has 31 heavy (non-hydrogen) atoms. The fraction of sp³-hybridized carbons (Fsp3) is 0.200. The fourth-order valence-electron chi connectivity index (χ4n) is 2.60. The van der Waals surface area contributed by atoms with E-state index in [1.165, 1.54) is 10.6 Å². The maximum atomic E-state index is 14.5. The number of nitrogens with zero attached hydrogens (tertiary/aromatic N) is 3. The van der Waals surface area contributed by atoms with Crippen LogP contribution in [-0.2, 0) is 11.4 Å². The summed E-state index contributed by atoms with van der Waals surface area (Å²) in [5.41, 5.74) is 5.20. The molecule has 0 aliphatic carbocycles. The molecule has 3 N–H and O–H groups in total. The van der Waals surface area contributed by atoms with Gasteiger partial charge in [-0.25, -0.2) is 9.18 Å². The van der Waals surface area contributed by atoms with E-state index in [9.17, 15) is 14.0 Å². The van der Waals surface area contributed by atoms with E-state index in [1.807, 2.05) is 5.32 Å². The monoisotopic (exact) mass is 445 g/mol. The number of hydrogen-bond acceptors (Lipinski definition) is 7. The third-order valence-electron chi connectivity index (χ3n) is 4.12. The van der Waals surface area contributed by atoms with Crippen molar-refractivity contribution in [3.05, 3.63) is 60.2 Å². The number of carbonyl (C=O) groups excluding carboxylic acids is 2. The maximum Gasteiger partial charge on any atom is 0.318 e. The lowest BCUT2D eigenvalue weighted by atomic mass is 10.3. The number of nitrogens with two attached hydrogens (primary N) is 1. The van der Waals surface area contributed by atoms with Crippen LogP contribution < -0.4 is 20.5 Å². The molecule has 3 amide bonds. The maximum absolute atomic E-state index is 14.5. The Bertz CT molecular complexity index is 1070. The predicted octanol–water partition coefficient (Wildman–Crippen LogP) is 2.67. The number of rotatable bonds is 8.